The molecule has 0 saturated carbocycles. The highest BCUT2D eigenvalue weighted by molar-refractivity contribution is 5.29. The molecule has 1 fully saturated rings. The fourth-order valence-corrected chi connectivity index (χ4v) is 1.50. The Hall–Kier alpha value is -1.34. The maximum absolute atomic E-state index is 5.40. The summed E-state index contributed by atoms with van der Waals surface area (Å²) in [6.45, 7) is 5.44. The van der Waals surface area contributed by atoms with Gasteiger partial charge in [0.15, 0.2) is 0 Å². The summed E-state index contributed by atoms with van der Waals surface area (Å²) in [5.41, 5.74) is 5.40. The average molecular weight is 212 g/mol. The van der Waals surface area contributed by atoms with Crippen LogP contribution in [0.2, 0.25) is 0 Å². The summed E-state index contributed by atoms with van der Waals surface area (Å²) in [5, 5.41) is 9.56. The number of ether oxygens (including phenoxy) is 1. The summed E-state index contributed by atoms with van der Waals surface area (Å²) in [6, 6.07) is 0. The van der Waals surface area contributed by atoms with Gasteiger partial charge in [0, 0.05) is 26.2 Å². The van der Waals surface area contributed by atoms with Gasteiger partial charge >= 0.3 is 0 Å². The molecular formula is C8H16N6O. The molecule has 0 amide bonds. The second kappa shape index (κ2) is 4.94. The molecule has 0 aromatic carbocycles. The summed E-state index contributed by atoms with van der Waals surface area (Å²) < 4.78 is 5.26. The van der Waals surface area contributed by atoms with Crippen LogP contribution in [0.15, 0.2) is 0 Å². The van der Waals surface area contributed by atoms with Crippen LogP contribution in [-0.4, -0.2) is 59.5 Å². The van der Waals surface area contributed by atoms with Crippen LogP contribution in [0.5, 0.6) is 0 Å². The van der Waals surface area contributed by atoms with Crippen LogP contribution in [-0.2, 0) is 4.74 Å². The van der Waals surface area contributed by atoms with Crippen molar-refractivity contribution in [2.45, 2.75) is 0 Å². The Labute approximate surface area is 88.0 Å². The molecule has 0 bridgehead atoms. The first-order valence-electron chi connectivity index (χ1n) is 5.06. The predicted octanol–water partition coefficient (Wildman–Crippen LogP) is -0.869. The number of aromatic amines is 1. The number of nitrogens with zero attached hydrogens (tertiary/aromatic N) is 3. The first-order chi connectivity index (χ1) is 7.34. The number of anilines is 2. The standard InChI is InChI=1S/C8H16N6O/c9-7-11-8(13-12-7)10-1-2-14-3-5-15-6-4-14/h1-6H2,(H4,9,10,11,12,13). The maximum atomic E-state index is 5.40. The molecule has 0 unspecified atom stereocenters. The van der Waals surface area contributed by atoms with E-state index in [1.807, 2.05) is 0 Å². The minimum Gasteiger partial charge on any atom is -0.379 e. The van der Waals surface area contributed by atoms with Crippen LogP contribution in [0.1, 0.15) is 0 Å². The lowest BCUT2D eigenvalue weighted by atomic mass is 10.4. The van der Waals surface area contributed by atoms with E-state index in [1.54, 1.807) is 0 Å². The molecule has 0 radical (unpaired) electrons. The summed E-state index contributed by atoms with van der Waals surface area (Å²) in [7, 11) is 0. The van der Waals surface area contributed by atoms with Crippen LogP contribution in [0.4, 0.5) is 11.9 Å². The molecule has 2 rings (SSSR count). The zero-order valence-electron chi connectivity index (χ0n) is 8.57. The van der Waals surface area contributed by atoms with Crippen molar-refractivity contribution in [1.82, 2.24) is 20.1 Å². The second-order valence-electron chi connectivity index (χ2n) is 3.43. The molecule has 0 atom stereocenters. The first-order valence-corrected chi connectivity index (χ1v) is 5.06. The van der Waals surface area contributed by atoms with Crippen LogP contribution in [0, 0.1) is 0 Å². The molecule has 15 heavy (non-hydrogen) atoms. The number of nitrogens with one attached hydrogen (secondary N) is 2. The maximum Gasteiger partial charge on any atom is 0.243 e. The zero-order chi connectivity index (χ0) is 10.5. The third-order valence-electron chi connectivity index (χ3n) is 2.32. The Kier molecular flexibility index (Phi) is 3.36. The Balaban J connectivity index is 1.65. The van der Waals surface area contributed by atoms with E-state index in [9.17, 15) is 0 Å². The third kappa shape index (κ3) is 3.07. The van der Waals surface area contributed by atoms with Crippen molar-refractivity contribution in [1.29, 1.82) is 0 Å². The number of nitrogens with two attached hydrogens (primary N) is 1. The van der Waals surface area contributed by atoms with Gasteiger partial charge in [0.05, 0.1) is 13.2 Å². The first kappa shape index (κ1) is 10.2. The van der Waals surface area contributed by atoms with Gasteiger partial charge in [-0.2, -0.15) is 4.98 Å². The molecule has 1 aliphatic rings. The fourth-order valence-electron chi connectivity index (χ4n) is 1.50. The van der Waals surface area contributed by atoms with Gasteiger partial charge < -0.3 is 15.8 Å². The average Bonchev–Trinajstić information content (AvgIpc) is 2.66. The molecule has 2 heterocycles. The van der Waals surface area contributed by atoms with Gasteiger partial charge in [0.25, 0.3) is 0 Å². The van der Waals surface area contributed by atoms with Gasteiger partial charge in [0.1, 0.15) is 0 Å². The monoisotopic (exact) mass is 212 g/mol. The van der Waals surface area contributed by atoms with Crippen LogP contribution < -0.4 is 11.1 Å². The largest absolute Gasteiger partial charge is 0.379 e. The quantitative estimate of drug-likeness (QED) is 0.601. The van der Waals surface area contributed by atoms with E-state index in [4.69, 9.17) is 10.5 Å². The van der Waals surface area contributed by atoms with Gasteiger partial charge in [0.2, 0.25) is 11.9 Å². The van der Waals surface area contributed by atoms with Crippen LogP contribution in [0.3, 0.4) is 0 Å². The van der Waals surface area contributed by atoms with Crippen molar-refractivity contribution in [3.05, 3.63) is 0 Å². The number of hydrogen-bond acceptors (Lipinski definition) is 6. The van der Waals surface area contributed by atoms with Gasteiger partial charge in [-0.1, -0.05) is 0 Å². The van der Waals surface area contributed by atoms with Crippen LogP contribution >= 0.6 is 0 Å². The van der Waals surface area contributed by atoms with E-state index < -0.39 is 0 Å². The lowest BCUT2D eigenvalue weighted by molar-refractivity contribution is 0.0398. The smallest absolute Gasteiger partial charge is 0.243 e. The summed E-state index contributed by atoms with van der Waals surface area (Å²) >= 11 is 0. The molecule has 0 aliphatic carbocycles. The summed E-state index contributed by atoms with van der Waals surface area (Å²) in [6.07, 6.45) is 0. The van der Waals surface area contributed by atoms with Crippen LogP contribution in [0.25, 0.3) is 0 Å². The Bertz CT molecular complexity index is 295. The number of H-pyrrole nitrogens is 1. The molecule has 1 aromatic heterocycles. The molecule has 1 aliphatic heterocycles. The van der Waals surface area contributed by atoms with E-state index in [2.05, 4.69) is 25.4 Å². The van der Waals surface area contributed by atoms with Crippen molar-refractivity contribution >= 4 is 11.9 Å². The normalized spacial score (nSPS) is 17.9. The summed E-state index contributed by atoms with van der Waals surface area (Å²) in [4.78, 5) is 6.29. The molecule has 7 nitrogen and oxygen atoms in total. The molecular weight excluding hydrogens is 196 g/mol. The Morgan fingerprint density at radius 3 is 2.93 bits per heavy atom. The highest BCUT2D eigenvalue weighted by Gasteiger charge is 2.09. The Morgan fingerprint density at radius 1 is 1.47 bits per heavy atom. The van der Waals surface area contributed by atoms with Gasteiger partial charge in [-0.15, -0.1) is 5.10 Å². The van der Waals surface area contributed by atoms with E-state index >= 15 is 0 Å². The van der Waals surface area contributed by atoms with E-state index in [-0.39, 0.29) is 0 Å². The van der Waals surface area contributed by atoms with Gasteiger partial charge in [-0.25, -0.2) is 5.10 Å². The molecule has 4 N–H and O–H groups in total. The van der Waals surface area contributed by atoms with Crippen molar-refractivity contribution < 1.29 is 4.74 Å². The number of hydrogen-bond donors (Lipinski definition) is 3. The van der Waals surface area contributed by atoms with Gasteiger partial charge in [-0.05, 0) is 0 Å². The molecule has 1 saturated heterocycles. The molecule has 0 spiro atoms. The van der Waals surface area contributed by atoms with Crippen molar-refractivity contribution in [3.63, 3.8) is 0 Å². The molecule has 1 aromatic rings. The van der Waals surface area contributed by atoms with Crippen molar-refractivity contribution in [3.8, 4) is 0 Å². The van der Waals surface area contributed by atoms with E-state index in [0.29, 0.717) is 11.9 Å². The fraction of sp³-hybridized carbons (Fsp3) is 0.750. The van der Waals surface area contributed by atoms with Crippen molar-refractivity contribution in [2.24, 2.45) is 0 Å². The highest BCUT2D eigenvalue weighted by Crippen LogP contribution is 1.99. The predicted molar refractivity (Wildman–Crippen MR) is 56.5 cm³/mol. The molecule has 7 heteroatoms. The number of rotatable bonds is 4. The third-order valence-corrected chi connectivity index (χ3v) is 2.32. The van der Waals surface area contributed by atoms with E-state index in [1.165, 1.54) is 0 Å². The van der Waals surface area contributed by atoms with Gasteiger partial charge in [-0.3, -0.25) is 4.90 Å². The number of aromatic nitrogens is 3. The molecule has 84 valence electrons. The SMILES string of the molecule is Nc1nc(NCCN2CCOCC2)n[nH]1. The van der Waals surface area contributed by atoms with Crippen molar-refractivity contribution in [2.75, 3.05) is 50.4 Å². The number of morpholine rings is 1. The summed E-state index contributed by atoms with van der Waals surface area (Å²) in [5.74, 6) is 0.893. The lowest BCUT2D eigenvalue weighted by Crippen LogP contribution is -2.39. The Morgan fingerprint density at radius 2 is 2.27 bits per heavy atom. The minimum atomic E-state index is 0.337. The number of nitrogen functional groups attached to an aromatic ring is 1. The van der Waals surface area contributed by atoms with E-state index in [0.717, 1.165) is 39.4 Å². The highest BCUT2D eigenvalue weighted by atomic mass is 16.5. The lowest BCUT2D eigenvalue weighted by Gasteiger charge is -2.26. The minimum absolute atomic E-state index is 0.337. The second-order valence-corrected chi connectivity index (χ2v) is 3.43. The topological polar surface area (TPSA) is 92.1 Å². The zero-order valence-corrected chi connectivity index (χ0v) is 8.57.